The van der Waals surface area contributed by atoms with Crippen LogP contribution in [-0.2, 0) is 12.8 Å². The summed E-state index contributed by atoms with van der Waals surface area (Å²) in [6.07, 6.45) is 5.25. The van der Waals surface area contributed by atoms with Crippen molar-refractivity contribution in [3.05, 3.63) is 34.4 Å². The van der Waals surface area contributed by atoms with E-state index in [1.54, 1.807) is 11.1 Å². The van der Waals surface area contributed by atoms with Crippen LogP contribution in [0.25, 0.3) is 0 Å². The van der Waals surface area contributed by atoms with Gasteiger partial charge >= 0.3 is 0 Å². The average Bonchev–Trinajstić information content (AvgIpc) is 2.65. The third kappa shape index (κ3) is 1.60. The van der Waals surface area contributed by atoms with Gasteiger partial charge in [-0.05, 0) is 67.2 Å². The highest BCUT2D eigenvalue weighted by Crippen LogP contribution is 2.44. The second kappa shape index (κ2) is 3.66. The minimum Gasteiger partial charge on any atom is -0.0648 e. The summed E-state index contributed by atoms with van der Waals surface area (Å²) in [4.78, 5) is 0. The maximum Gasteiger partial charge on any atom is -0.0214 e. The fourth-order valence-corrected chi connectivity index (χ4v) is 2.98. The standard InChI is InChI=1S/C15H22/c1-5-15(6-2)9-13-11(3)7-8-12(4)14(13)10-15/h7-8H,5-6,9-10H2,1-4H3. The Kier molecular flexibility index (Phi) is 2.62. The summed E-state index contributed by atoms with van der Waals surface area (Å²) in [7, 11) is 0. The molecule has 15 heavy (non-hydrogen) atoms. The van der Waals surface area contributed by atoms with Crippen molar-refractivity contribution >= 4 is 0 Å². The third-order valence-electron chi connectivity index (χ3n) is 4.50. The van der Waals surface area contributed by atoms with Crippen molar-refractivity contribution in [2.45, 2.75) is 53.4 Å². The first-order valence-electron chi connectivity index (χ1n) is 6.20. The Bertz CT molecular complexity index is 337. The van der Waals surface area contributed by atoms with Crippen LogP contribution < -0.4 is 0 Å². The molecule has 0 fully saturated rings. The largest absolute Gasteiger partial charge is 0.0648 e. The Hall–Kier alpha value is -0.780. The number of fused-ring (bicyclic) bond motifs is 1. The van der Waals surface area contributed by atoms with E-state index in [2.05, 4.69) is 39.8 Å². The minimum absolute atomic E-state index is 0.569. The van der Waals surface area contributed by atoms with Crippen LogP contribution in [-0.4, -0.2) is 0 Å². The molecule has 1 aliphatic rings. The summed E-state index contributed by atoms with van der Waals surface area (Å²) in [5.41, 5.74) is 6.87. The van der Waals surface area contributed by atoms with E-state index in [4.69, 9.17) is 0 Å². The summed E-state index contributed by atoms with van der Waals surface area (Å²) >= 11 is 0. The van der Waals surface area contributed by atoms with Gasteiger partial charge in [0.15, 0.2) is 0 Å². The van der Waals surface area contributed by atoms with Gasteiger partial charge in [0.05, 0.1) is 0 Å². The molecule has 0 spiro atoms. The second-order valence-corrected chi connectivity index (χ2v) is 5.22. The summed E-state index contributed by atoms with van der Waals surface area (Å²) in [6, 6.07) is 4.57. The van der Waals surface area contributed by atoms with Crippen LogP contribution in [0, 0.1) is 19.3 Å². The zero-order chi connectivity index (χ0) is 11.1. The molecule has 0 N–H and O–H groups in total. The second-order valence-electron chi connectivity index (χ2n) is 5.22. The van der Waals surface area contributed by atoms with E-state index in [-0.39, 0.29) is 0 Å². The molecule has 1 aromatic carbocycles. The molecule has 0 atom stereocenters. The lowest BCUT2D eigenvalue weighted by molar-refractivity contribution is 0.280. The fourth-order valence-electron chi connectivity index (χ4n) is 2.98. The van der Waals surface area contributed by atoms with Gasteiger partial charge in [-0.2, -0.15) is 0 Å². The predicted octanol–water partition coefficient (Wildman–Crippen LogP) is 4.21. The molecule has 0 nitrogen and oxygen atoms in total. The highest BCUT2D eigenvalue weighted by molar-refractivity contribution is 5.44. The number of hydrogen-bond donors (Lipinski definition) is 0. The van der Waals surface area contributed by atoms with Gasteiger partial charge in [0.1, 0.15) is 0 Å². The molecule has 82 valence electrons. The molecule has 1 aromatic rings. The van der Waals surface area contributed by atoms with Crippen LogP contribution in [0.1, 0.15) is 48.9 Å². The van der Waals surface area contributed by atoms with Crippen molar-refractivity contribution < 1.29 is 0 Å². The van der Waals surface area contributed by atoms with Crippen molar-refractivity contribution in [2.24, 2.45) is 5.41 Å². The topological polar surface area (TPSA) is 0 Å². The van der Waals surface area contributed by atoms with Crippen LogP contribution in [0.2, 0.25) is 0 Å². The lowest BCUT2D eigenvalue weighted by atomic mass is 9.79. The maximum atomic E-state index is 2.35. The molecule has 0 saturated heterocycles. The Labute approximate surface area is 93.7 Å². The van der Waals surface area contributed by atoms with Crippen molar-refractivity contribution in [1.29, 1.82) is 0 Å². The van der Waals surface area contributed by atoms with E-state index in [0.717, 1.165) is 0 Å². The Morgan fingerprint density at radius 1 is 0.933 bits per heavy atom. The summed E-state index contributed by atoms with van der Waals surface area (Å²) in [5.74, 6) is 0. The summed E-state index contributed by atoms with van der Waals surface area (Å²) in [6.45, 7) is 9.22. The lowest BCUT2D eigenvalue weighted by Gasteiger charge is -2.25. The molecule has 0 heteroatoms. The highest BCUT2D eigenvalue weighted by Gasteiger charge is 2.35. The monoisotopic (exact) mass is 202 g/mol. The summed E-state index contributed by atoms with van der Waals surface area (Å²) < 4.78 is 0. The third-order valence-corrected chi connectivity index (χ3v) is 4.50. The first-order valence-corrected chi connectivity index (χ1v) is 6.20. The molecular formula is C15H22. The van der Waals surface area contributed by atoms with Crippen LogP contribution in [0.4, 0.5) is 0 Å². The molecule has 0 aliphatic heterocycles. The van der Waals surface area contributed by atoms with E-state index in [1.165, 1.54) is 36.8 Å². The number of aryl methyl sites for hydroxylation is 2. The molecule has 0 saturated carbocycles. The van der Waals surface area contributed by atoms with Gasteiger partial charge in [0.25, 0.3) is 0 Å². The summed E-state index contributed by atoms with van der Waals surface area (Å²) in [5, 5.41) is 0. The molecule has 1 aliphatic carbocycles. The SMILES string of the molecule is CCC1(CC)Cc2c(C)ccc(C)c2C1. The van der Waals surface area contributed by atoms with Crippen LogP contribution in [0.15, 0.2) is 12.1 Å². The van der Waals surface area contributed by atoms with Gasteiger partial charge in [-0.1, -0.05) is 26.0 Å². The van der Waals surface area contributed by atoms with Gasteiger partial charge in [0, 0.05) is 0 Å². The quantitative estimate of drug-likeness (QED) is 0.674. The highest BCUT2D eigenvalue weighted by atomic mass is 14.4. The van der Waals surface area contributed by atoms with Gasteiger partial charge < -0.3 is 0 Å². The van der Waals surface area contributed by atoms with Gasteiger partial charge in [-0.25, -0.2) is 0 Å². The molecule has 0 unspecified atom stereocenters. The minimum atomic E-state index is 0.569. The Morgan fingerprint density at radius 2 is 1.33 bits per heavy atom. The van der Waals surface area contributed by atoms with E-state index < -0.39 is 0 Å². The molecular weight excluding hydrogens is 180 g/mol. The normalized spacial score (nSPS) is 17.9. The predicted molar refractivity (Wildman–Crippen MR) is 66.3 cm³/mol. The van der Waals surface area contributed by atoms with Crippen molar-refractivity contribution in [1.82, 2.24) is 0 Å². The number of rotatable bonds is 2. The van der Waals surface area contributed by atoms with E-state index in [9.17, 15) is 0 Å². The van der Waals surface area contributed by atoms with E-state index >= 15 is 0 Å². The van der Waals surface area contributed by atoms with Gasteiger partial charge in [-0.3, -0.25) is 0 Å². The van der Waals surface area contributed by atoms with Crippen molar-refractivity contribution in [3.8, 4) is 0 Å². The zero-order valence-electron chi connectivity index (χ0n) is 10.5. The van der Waals surface area contributed by atoms with E-state index in [1.807, 2.05) is 0 Å². The average molecular weight is 202 g/mol. The molecule has 0 radical (unpaired) electrons. The van der Waals surface area contributed by atoms with E-state index in [0.29, 0.717) is 5.41 Å². The van der Waals surface area contributed by atoms with Gasteiger partial charge in [-0.15, -0.1) is 0 Å². The molecule has 0 heterocycles. The lowest BCUT2D eigenvalue weighted by Crippen LogP contribution is -2.18. The molecule has 0 aromatic heterocycles. The molecule has 2 rings (SSSR count). The molecule has 0 amide bonds. The molecule has 0 bridgehead atoms. The smallest absolute Gasteiger partial charge is 0.0214 e. The van der Waals surface area contributed by atoms with Crippen LogP contribution >= 0.6 is 0 Å². The first-order chi connectivity index (χ1) is 7.12. The van der Waals surface area contributed by atoms with Crippen LogP contribution in [0.5, 0.6) is 0 Å². The maximum absolute atomic E-state index is 2.35. The zero-order valence-corrected chi connectivity index (χ0v) is 10.5. The van der Waals surface area contributed by atoms with Gasteiger partial charge in [0.2, 0.25) is 0 Å². The van der Waals surface area contributed by atoms with Crippen LogP contribution in [0.3, 0.4) is 0 Å². The van der Waals surface area contributed by atoms with Crippen molar-refractivity contribution in [3.63, 3.8) is 0 Å². The number of hydrogen-bond acceptors (Lipinski definition) is 0. The number of benzene rings is 1. The first kappa shape index (κ1) is 10.7. The Balaban J connectivity index is 2.46. The van der Waals surface area contributed by atoms with Crippen molar-refractivity contribution in [2.75, 3.05) is 0 Å². The Morgan fingerprint density at radius 3 is 1.67 bits per heavy atom. The fraction of sp³-hybridized carbons (Fsp3) is 0.600.